The van der Waals surface area contributed by atoms with Crippen LogP contribution in [0.15, 0.2) is 35.5 Å². The van der Waals surface area contributed by atoms with Crippen LogP contribution < -0.4 is 0 Å². The summed E-state index contributed by atoms with van der Waals surface area (Å²) in [6, 6.07) is 0. The Morgan fingerprint density at radius 2 is 1.79 bits per heavy atom. The highest BCUT2D eigenvalue weighted by molar-refractivity contribution is 5.71. The molecule has 0 amide bonds. The number of aliphatic carboxylic acids is 1. The maximum atomic E-state index is 11.4. The Morgan fingerprint density at radius 3 is 2.43 bits per heavy atom. The first-order valence-corrected chi connectivity index (χ1v) is 18.2. The normalized spacial score (nSPS) is 28.8. The predicted octanol–water partition coefficient (Wildman–Crippen LogP) is 12.5. The summed E-state index contributed by atoms with van der Waals surface area (Å²) in [6.45, 7) is 21.3. The smallest absolute Gasteiger partial charge is 0.310 e. The lowest BCUT2D eigenvalue weighted by molar-refractivity contribution is -0.139. The van der Waals surface area contributed by atoms with Gasteiger partial charge in [0.15, 0.2) is 0 Å². The van der Waals surface area contributed by atoms with E-state index in [2.05, 4.69) is 73.6 Å². The molecule has 8 unspecified atom stereocenters. The highest BCUT2D eigenvalue weighted by Crippen LogP contribution is 2.55. The van der Waals surface area contributed by atoms with Crippen LogP contribution in [0.4, 0.5) is 0 Å². The van der Waals surface area contributed by atoms with Gasteiger partial charge >= 0.3 is 5.97 Å². The van der Waals surface area contributed by atoms with Gasteiger partial charge in [0, 0.05) is 0 Å². The van der Waals surface area contributed by atoms with E-state index in [1.54, 1.807) is 12.5 Å². The molecule has 1 saturated carbocycles. The molecule has 0 aliphatic heterocycles. The van der Waals surface area contributed by atoms with Crippen LogP contribution >= 0.6 is 0 Å². The molecule has 8 atom stereocenters. The van der Waals surface area contributed by atoms with Gasteiger partial charge in [0.1, 0.15) is 0 Å². The molecule has 0 aromatic rings. The van der Waals surface area contributed by atoms with Crippen LogP contribution in [0, 0.1) is 52.8 Å². The first kappa shape index (κ1) is 36.9. The number of rotatable bonds is 18. The quantitative estimate of drug-likeness (QED) is 0.129. The molecular weight excluding hydrogens is 512 g/mol. The van der Waals surface area contributed by atoms with Crippen LogP contribution in [-0.2, 0) is 4.79 Å². The molecule has 0 spiro atoms. The Morgan fingerprint density at radius 1 is 1.07 bits per heavy atom. The molecule has 0 aromatic heterocycles. The fourth-order valence-corrected chi connectivity index (χ4v) is 8.49. The minimum absolute atomic E-state index is 0.384. The molecule has 0 saturated heterocycles. The molecular formula is C40H70O2. The third-order valence-corrected chi connectivity index (χ3v) is 11.6. The standard InChI is InChI=1S/C40H70O2/c1-10-13-15-16-17-18-29(4)26-37-36(31(6)19-14-11-2)24-25-40(8,9)38(37)28-33(12-3)35-23-20-30(5)34(27-35)22-21-32(7)39(41)42/h19-22,29,32-38H,10-18,23-28H2,1-9H3,(H,41,42)/b22-21-,31-19+. The number of unbranched alkanes of at least 4 members (excludes halogenated alkanes) is 5. The van der Waals surface area contributed by atoms with Crippen molar-refractivity contribution in [2.45, 2.75) is 159 Å². The molecule has 0 radical (unpaired) electrons. The Hall–Kier alpha value is -1.31. The van der Waals surface area contributed by atoms with Crippen LogP contribution in [0.1, 0.15) is 159 Å². The summed E-state index contributed by atoms with van der Waals surface area (Å²) in [5, 5.41) is 9.39. The van der Waals surface area contributed by atoms with Crippen LogP contribution in [0.2, 0.25) is 0 Å². The number of carboxylic acids is 1. The van der Waals surface area contributed by atoms with Crippen molar-refractivity contribution < 1.29 is 9.90 Å². The lowest BCUT2D eigenvalue weighted by Gasteiger charge is -2.51. The molecule has 2 rings (SSSR count). The van der Waals surface area contributed by atoms with E-state index in [4.69, 9.17) is 0 Å². The maximum Gasteiger partial charge on any atom is 0.310 e. The summed E-state index contributed by atoms with van der Waals surface area (Å²) in [4.78, 5) is 11.4. The predicted molar refractivity (Wildman–Crippen MR) is 184 cm³/mol. The lowest BCUT2D eigenvalue weighted by Crippen LogP contribution is -2.43. The zero-order valence-electron chi connectivity index (χ0n) is 29.4. The van der Waals surface area contributed by atoms with E-state index in [1.165, 1.54) is 102 Å². The number of carbonyl (C=O) groups is 1. The molecule has 0 bridgehead atoms. The van der Waals surface area contributed by atoms with E-state index in [9.17, 15) is 9.90 Å². The van der Waals surface area contributed by atoms with Crippen molar-refractivity contribution in [2.24, 2.45) is 52.8 Å². The Balaban J connectivity index is 2.28. The molecule has 2 heteroatoms. The number of allylic oxidation sites excluding steroid dienone is 5. The van der Waals surface area contributed by atoms with Crippen molar-refractivity contribution in [1.82, 2.24) is 0 Å². The summed E-state index contributed by atoms with van der Waals surface area (Å²) < 4.78 is 0. The maximum absolute atomic E-state index is 11.4. The fourth-order valence-electron chi connectivity index (χ4n) is 8.49. The van der Waals surface area contributed by atoms with Gasteiger partial charge < -0.3 is 5.11 Å². The Bertz CT molecular complexity index is 876. The van der Waals surface area contributed by atoms with Crippen molar-refractivity contribution in [1.29, 1.82) is 0 Å². The third kappa shape index (κ3) is 11.3. The Kier molecular flexibility index (Phi) is 16.2. The fraction of sp³-hybridized carbons (Fsp3) is 0.825. The molecule has 1 fully saturated rings. The van der Waals surface area contributed by atoms with E-state index < -0.39 is 11.9 Å². The first-order valence-electron chi connectivity index (χ1n) is 18.2. The lowest BCUT2D eigenvalue weighted by atomic mass is 9.54. The summed E-state index contributed by atoms with van der Waals surface area (Å²) in [5.41, 5.74) is 3.49. The average Bonchev–Trinajstić information content (AvgIpc) is 2.95. The van der Waals surface area contributed by atoms with Gasteiger partial charge in [0.05, 0.1) is 5.92 Å². The van der Waals surface area contributed by atoms with E-state index in [-0.39, 0.29) is 0 Å². The second-order valence-electron chi connectivity index (χ2n) is 15.4. The van der Waals surface area contributed by atoms with Crippen molar-refractivity contribution in [3.8, 4) is 0 Å². The number of carboxylic acid groups (broad SMARTS) is 1. The molecule has 2 aliphatic carbocycles. The van der Waals surface area contributed by atoms with Crippen LogP contribution in [0.5, 0.6) is 0 Å². The van der Waals surface area contributed by atoms with Gasteiger partial charge in [-0.15, -0.1) is 0 Å². The minimum atomic E-state index is -0.731. The van der Waals surface area contributed by atoms with Crippen LogP contribution in [0.3, 0.4) is 0 Å². The third-order valence-electron chi connectivity index (χ3n) is 11.6. The van der Waals surface area contributed by atoms with E-state index >= 15 is 0 Å². The van der Waals surface area contributed by atoms with Gasteiger partial charge in [-0.1, -0.05) is 128 Å². The van der Waals surface area contributed by atoms with Crippen molar-refractivity contribution >= 4 is 5.97 Å². The second kappa shape index (κ2) is 18.5. The zero-order valence-corrected chi connectivity index (χ0v) is 29.4. The molecule has 2 aliphatic rings. The summed E-state index contributed by atoms with van der Waals surface area (Å²) in [5.74, 6) is 3.77. The summed E-state index contributed by atoms with van der Waals surface area (Å²) >= 11 is 0. The van der Waals surface area contributed by atoms with Crippen molar-refractivity contribution in [3.05, 3.63) is 35.5 Å². The first-order chi connectivity index (χ1) is 19.9. The van der Waals surface area contributed by atoms with Crippen molar-refractivity contribution in [3.63, 3.8) is 0 Å². The second-order valence-corrected chi connectivity index (χ2v) is 15.4. The van der Waals surface area contributed by atoms with Crippen LogP contribution in [0.25, 0.3) is 0 Å². The van der Waals surface area contributed by atoms with E-state index in [0.717, 1.165) is 29.6 Å². The Labute approximate surface area is 262 Å². The summed E-state index contributed by atoms with van der Waals surface area (Å²) in [6.07, 6.45) is 29.0. The van der Waals surface area contributed by atoms with Gasteiger partial charge in [-0.2, -0.15) is 0 Å². The molecule has 242 valence electrons. The number of hydrogen-bond acceptors (Lipinski definition) is 1. The summed E-state index contributed by atoms with van der Waals surface area (Å²) in [7, 11) is 0. The van der Waals surface area contributed by atoms with Gasteiger partial charge in [0.2, 0.25) is 0 Å². The van der Waals surface area contributed by atoms with E-state index in [1.807, 2.05) is 6.08 Å². The van der Waals surface area contributed by atoms with Gasteiger partial charge in [-0.3, -0.25) is 4.79 Å². The van der Waals surface area contributed by atoms with Gasteiger partial charge in [0.25, 0.3) is 0 Å². The largest absolute Gasteiger partial charge is 0.481 e. The SMILES string of the molecule is CCC/C=C(\C)C1CCC(C)(C)C(CC(CC)C2CC=C(C)C(/C=C\C(C)C(=O)O)C2)C1CC(C)CCCCCCC. The molecule has 42 heavy (non-hydrogen) atoms. The monoisotopic (exact) mass is 583 g/mol. The molecule has 0 heterocycles. The molecule has 1 N–H and O–H groups in total. The molecule has 0 aromatic carbocycles. The van der Waals surface area contributed by atoms with E-state index in [0.29, 0.717) is 17.3 Å². The van der Waals surface area contributed by atoms with Crippen molar-refractivity contribution in [2.75, 3.05) is 0 Å². The molecule has 2 nitrogen and oxygen atoms in total. The highest BCUT2D eigenvalue weighted by atomic mass is 16.4. The average molecular weight is 583 g/mol. The topological polar surface area (TPSA) is 37.3 Å². The van der Waals surface area contributed by atoms with Gasteiger partial charge in [-0.05, 0) is 113 Å². The minimum Gasteiger partial charge on any atom is -0.481 e. The van der Waals surface area contributed by atoms with Crippen LogP contribution in [-0.4, -0.2) is 11.1 Å². The zero-order chi connectivity index (χ0) is 31.3. The van der Waals surface area contributed by atoms with Gasteiger partial charge in [-0.25, -0.2) is 0 Å². The highest BCUT2D eigenvalue weighted by Gasteiger charge is 2.45. The number of hydrogen-bond donors (Lipinski definition) is 1.